The Bertz CT molecular complexity index is 1380. The standard InChI is InChI=1S/C27H27FN2O4S/c1-17(23-7-5-6-8-24(23)28)29-26-30-35(32,33)25(27(3,4)34-26)22-15-13-21(14-16-22)20-11-9-19(10-12-20)18(2)31/h5-17,25H,1-4H3,(H,29,30)/t17-,25?/m0/s1. The van der Waals surface area contributed by atoms with Crippen LogP contribution in [0.15, 0.2) is 77.8 Å². The second-order valence-electron chi connectivity index (χ2n) is 9.12. The maximum absolute atomic E-state index is 14.1. The van der Waals surface area contributed by atoms with Crippen molar-refractivity contribution < 1.29 is 22.3 Å². The molecule has 1 aliphatic rings. The van der Waals surface area contributed by atoms with E-state index in [9.17, 15) is 17.6 Å². The van der Waals surface area contributed by atoms with Crippen molar-refractivity contribution in [2.45, 2.75) is 44.6 Å². The van der Waals surface area contributed by atoms with Gasteiger partial charge in [0.1, 0.15) is 16.7 Å². The van der Waals surface area contributed by atoms with Crippen LogP contribution in [-0.4, -0.2) is 25.8 Å². The molecule has 8 heteroatoms. The van der Waals surface area contributed by atoms with Crippen LogP contribution in [0.1, 0.15) is 60.5 Å². The van der Waals surface area contributed by atoms with Crippen LogP contribution in [0, 0.1) is 5.82 Å². The van der Waals surface area contributed by atoms with E-state index in [0.29, 0.717) is 16.7 Å². The molecule has 0 spiro atoms. The van der Waals surface area contributed by atoms with Crippen LogP contribution in [-0.2, 0) is 14.8 Å². The lowest BCUT2D eigenvalue weighted by Gasteiger charge is -2.39. The summed E-state index contributed by atoms with van der Waals surface area (Å²) >= 11 is 0. The van der Waals surface area contributed by atoms with E-state index in [-0.39, 0.29) is 11.8 Å². The first-order valence-corrected chi connectivity index (χ1v) is 12.8. The summed E-state index contributed by atoms with van der Waals surface area (Å²) in [5, 5.41) is -0.994. The summed E-state index contributed by atoms with van der Waals surface area (Å²) in [6.45, 7) is 6.56. The second-order valence-corrected chi connectivity index (χ2v) is 10.9. The summed E-state index contributed by atoms with van der Waals surface area (Å²) in [6, 6.07) is 19.8. The lowest BCUT2D eigenvalue weighted by molar-refractivity contribution is 0.0761. The zero-order valence-corrected chi connectivity index (χ0v) is 20.8. The number of carbonyl (C=O) groups excluding carboxylic acids is 1. The van der Waals surface area contributed by atoms with E-state index in [1.807, 2.05) is 24.3 Å². The number of halogens is 1. The molecule has 182 valence electrons. The summed E-state index contributed by atoms with van der Waals surface area (Å²) in [5.41, 5.74) is 2.21. The minimum Gasteiger partial charge on any atom is -0.457 e. The molecule has 0 bridgehead atoms. The number of ketones is 1. The quantitative estimate of drug-likeness (QED) is 0.469. The van der Waals surface area contributed by atoms with Gasteiger partial charge < -0.3 is 4.74 Å². The Labute approximate surface area is 204 Å². The first-order chi connectivity index (χ1) is 16.5. The van der Waals surface area contributed by atoms with Gasteiger partial charge in [0.25, 0.3) is 6.02 Å². The van der Waals surface area contributed by atoms with Crippen LogP contribution in [0.2, 0.25) is 0 Å². The number of aliphatic imine (C=N–C) groups is 1. The van der Waals surface area contributed by atoms with Gasteiger partial charge in [-0.1, -0.05) is 66.7 Å². The van der Waals surface area contributed by atoms with E-state index in [4.69, 9.17) is 4.74 Å². The van der Waals surface area contributed by atoms with Crippen LogP contribution in [0.5, 0.6) is 0 Å². The summed E-state index contributed by atoms with van der Waals surface area (Å²) in [6.07, 6.45) is 0. The van der Waals surface area contributed by atoms with E-state index in [1.54, 1.807) is 63.2 Å². The van der Waals surface area contributed by atoms with Crippen molar-refractivity contribution in [3.05, 3.63) is 95.3 Å². The number of benzene rings is 3. The highest BCUT2D eigenvalue weighted by atomic mass is 32.2. The Kier molecular flexibility index (Phi) is 6.51. The van der Waals surface area contributed by atoms with E-state index in [1.165, 1.54) is 13.0 Å². The van der Waals surface area contributed by atoms with Gasteiger partial charge in [-0.2, -0.15) is 0 Å². The number of hydrogen-bond donors (Lipinski definition) is 1. The van der Waals surface area contributed by atoms with Crippen molar-refractivity contribution in [3.63, 3.8) is 0 Å². The minimum atomic E-state index is -3.90. The number of carbonyl (C=O) groups is 1. The Morgan fingerprint density at radius 1 is 1.00 bits per heavy atom. The molecule has 1 aliphatic heterocycles. The van der Waals surface area contributed by atoms with Crippen LogP contribution in [0.4, 0.5) is 4.39 Å². The van der Waals surface area contributed by atoms with Gasteiger partial charge in [-0.15, -0.1) is 0 Å². The number of Topliss-reactive ketones (excluding diaryl/α,β-unsaturated/α-hetero) is 1. The van der Waals surface area contributed by atoms with E-state index < -0.39 is 32.7 Å². The van der Waals surface area contributed by atoms with E-state index in [2.05, 4.69) is 9.71 Å². The number of ether oxygens (including phenoxy) is 1. The van der Waals surface area contributed by atoms with E-state index in [0.717, 1.165) is 11.1 Å². The van der Waals surface area contributed by atoms with Gasteiger partial charge in [0.15, 0.2) is 5.78 Å². The Balaban J connectivity index is 1.59. The lowest BCUT2D eigenvalue weighted by atomic mass is 9.95. The molecule has 0 aliphatic carbocycles. The number of sulfonamides is 1. The highest BCUT2D eigenvalue weighted by Gasteiger charge is 2.48. The Morgan fingerprint density at radius 2 is 1.57 bits per heavy atom. The van der Waals surface area contributed by atoms with Crippen molar-refractivity contribution in [1.29, 1.82) is 0 Å². The second kappa shape index (κ2) is 9.26. The molecule has 1 fully saturated rings. The molecule has 3 aromatic carbocycles. The predicted octanol–water partition coefficient (Wildman–Crippen LogP) is 5.58. The summed E-state index contributed by atoms with van der Waals surface area (Å²) in [7, 11) is -3.90. The minimum absolute atomic E-state index is 0.00431. The molecule has 0 radical (unpaired) electrons. The normalized spacial score (nSPS) is 20.5. The number of hydrogen-bond acceptors (Lipinski definition) is 5. The molecule has 1 heterocycles. The van der Waals surface area contributed by atoms with Crippen molar-refractivity contribution in [2.24, 2.45) is 4.99 Å². The van der Waals surface area contributed by atoms with Gasteiger partial charge in [-0.05, 0) is 50.5 Å². The smallest absolute Gasteiger partial charge is 0.299 e. The van der Waals surface area contributed by atoms with Gasteiger partial charge in [-0.25, -0.2) is 22.5 Å². The molecule has 3 aromatic rings. The number of nitrogens with zero attached hydrogens (tertiary/aromatic N) is 1. The van der Waals surface area contributed by atoms with Gasteiger partial charge >= 0.3 is 0 Å². The van der Waals surface area contributed by atoms with Crippen LogP contribution in [0.3, 0.4) is 0 Å². The maximum Gasteiger partial charge on any atom is 0.299 e. The third-order valence-corrected chi connectivity index (χ3v) is 7.95. The first kappa shape index (κ1) is 24.6. The third-order valence-electron chi connectivity index (χ3n) is 6.04. The van der Waals surface area contributed by atoms with Crippen molar-refractivity contribution in [1.82, 2.24) is 4.72 Å². The molecule has 1 N–H and O–H groups in total. The Morgan fingerprint density at radius 3 is 2.11 bits per heavy atom. The molecule has 1 unspecified atom stereocenters. The van der Waals surface area contributed by atoms with Gasteiger partial charge in [-0.3, -0.25) is 4.79 Å². The van der Waals surface area contributed by atoms with Crippen molar-refractivity contribution in [2.75, 3.05) is 0 Å². The fraction of sp³-hybridized carbons (Fsp3) is 0.259. The monoisotopic (exact) mass is 494 g/mol. The lowest BCUT2D eigenvalue weighted by Crippen LogP contribution is -2.53. The van der Waals surface area contributed by atoms with Crippen LogP contribution >= 0.6 is 0 Å². The molecular weight excluding hydrogens is 467 g/mol. The molecule has 1 saturated heterocycles. The third kappa shape index (κ3) is 5.12. The number of rotatable bonds is 5. The number of nitrogens with one attached hydrogen (secondary N) is 1. The average molecular weight is 495 g/mol. The zero-order chi connectivity index (χ0) is 25.4. The summed E-state index contributed by atoms with van der Waals surface area (Å²) in [4.78, 5) is 15.8. The van der Waals surface area contributed by atoms with Crippen LogP contribution in [0.25, 0.3) is 11.1 Å². The summed E-state index contributed by atoms with van der Waals surface area (Å²) in [5.74, 6) is -0.425. The number of amidine groups is 1. The van der Waals surface area contributed by atoms with E-state index >= 15 is 0 Å². The predicted molar refractivity (Wildman–Crippen MR) is 134 cm³/mol. The largest absolute Gasteiger partial charge is 0.457 e. The highest BCUT2D eigenvalue weighted by molar-refractivity contribution is 7.90. The average Bonchev–Trinajstić information content (AvgIpc) is 2.78. The van der Waals surface area contributed by atoms with Crippen LogP contribution < -0.4 is 4.72 Å². The molecule has 4 rings (SSSR count). The van der Waals surface area contributed by atoms with Crippen molar-refractivity contribution in [3.8, 4) is 11.1 Å². The fourth-order valence-corrected chi connectivity index (χ4v) is 6.08. The highest BCUT2D eigenvalue weighted by Crippen LogP contribution is 2.39. The fourth-order valence-electron chi connectivity index (χ4n) is 4.32. The van der Waals surface area contributed by atoms with Crippen molar-refractivity contribution >= 4 is 21.8 Å². The Hall–Kier alpha value is -3.52. The topological polar surface area (TPSA) is 84.8 Å². The zero-order valence-electron chi connectivity index (χ0n) is 19.9. The first-order valence-electron chi connectivity index (χ1n) is 11.2. The molecule has 2 atom stereocenters. The SMILES string of the molecule is CC(=O)c1ccc(-c2ccc(C3C(C)(C)OC(=N[C@@H](C)c4ccccc4F)NS3(=O)=O)cc2)cc1. The molecule has 6 nitrogen and oxygen atoms in total. The molecular formula is C27H27FN2O4S. The van der Waals surface area contributed by atoms with Gasteiger partial charge in [0.2, 0.25) is 10.0 Å². The molecule has 0 aromatic heterocycles. The van der Waals surface area contributed by atoms with Gasteiger partial charge in [0, 0.05) is 11.1 Å². The maximum atomic E-state index is 14.1. The van der Waals surface area contributed by atoms with Gasteiger partial charge in [0.05, 0.1) is 6.04 Å². The molecule has 35 heavy (non-hydrogen) atoms. The summed E-state index contributed by atoms with van der Waals surface area (Å²) < 4.78 is 49.1. The molecule has 0 saturated carbocycles. The molecule has 0 amide bonds.